The number of amides is 2. The van der Waals surface area contributed by atoms with Crippen molar-refractivity contribution in [3.63, 3.8) is 0 Å². The Morgan fingerprint density at radius 2 is 1.88 bits per heavy atom. The molecular formula is C17H16Cl2N4O2. The summed E-state index contributed by atoms with van der Waals surface area (Å²) in [4.78, 5) is 24.0. The lowest BCUT2D eigenvalue weighted by atomic mass is 10.2. The van der Waals surface area contributed by atoms with Crippen molar-refractivity contribution in [3.05, 3.63) is 58.1 Å². The number of hydrazone groups is 1. The van der Waals surface area contributed by atoms with Gasteiger partial charge in [-0.2, -0.15) is 5.10 Å². The molecular weight excluding hydrogens is 363 g/mol. The van der Waals surface area contributed by atoms with Gasteiger partial charge < -0.3 is 11.1 Å². The molecule has 0 aliphatic heterocycles. The van der Waals surface area contributed by atoms with Crippen LogP contribution < -0.4 is 16.5 Å². The number of rotatable bonds is 5. The number of carbonyl (C=O) groups is 2. The number of carbonyl (C=O) groups excluding carboxylic acids is 2. The summed E-state index contributed by atoms with van der Waals surface area (Å²) >= 11 is 11.9. The summed E-state index contributed by atoms with van der Waals surface area (Å²) in [5, 5.41) is 7.38. The molecule has 8 heteroatoms. The third-order valence-corrected chi connectivity index (χ3v) is 3.74. The fraction of sp³-hybridized carbons (Fsp3) is 0.118. The quantitative estimate of drug-likeness (QED) is 0.420. The van der Waals surface area contributed by atoms with Gasteiger partial charge in [0, 0.05) is 16.4 Å². The second kappa shape index (κ2) is 8.50. The van der Waals surface area contributed by atoms with Gasteiger partial charge in [0.2, 0.25) is 5.91 Å². The monoisotopic (exact) mass is 378 g/mol. The fourth-order valence-corrected chi connectivity index (χ4v) is 2.31. The molecule has 2 rings (SSSR count). The third kappa shape index (κ3) is 5.48. The van der Waals surface area contributed by atoms with E-state index < -0.39 is 5.91 Å². The topological polar surface area (TPSA) is 96.6 Å². The Morgan fingerprint density at radius 3 is 2.60 bits per heavy atom. The molecule has 0 aliphatic carbocycles. The van der Waals surface area contributed by atoms with Crippen molar-refractivity contribution < 1.29 is 9.59 Å². The number of para-hydroxylation sites is 1. The summed E-state index contributed by atoms with van der Waals surface area (Å²) in [5.41, 5.74) is 9.58. The Hall–Kier alpha value is -2.57. The number of anilines is 2. The molecule has 0 saturated carbocycles. The van der Waals surface area contributed by atoms with Gasteiger partial charge in [-0.05, 0) is 37.3 Å². The van der Waals surface area contributed by atoms with Gasteiger partial charge in [0.1, 0.15) is 0 Å². The van der Waals surface area contributed by atoms with Crippen LogP contribution in [0.15, 0.2) is 47.6 Å². The highest BCUT2D eigenvalue weighted by Crippen LogP contribution is 2.25. The van der Waals surface area contributed by atoms with E-state index in [1.165, 1.54) is 0 Å². The minimum atomic E-state index is -0.448. The molecule has 0 heterocycles. The molecule has 0 spiro atoms. The third-order valence-electron chi connectivity index (χ3n) is 3.17. The predicted molar refractivity (Wildman–Crippen MR) is 101 cm³/mol. The molecule has 0 bridgehead atoms. The SMILES string of the molecule is C/C(CC(=O)Nc1cc(Cl)ccc1Cl)=N/NC(=O)c1ccccc1N. The van der Waals surface area contributed by atoms with Crippen molar-refractivity contribution in [1.82, 2.24) is 5.43 Å². The molecule has 0 aliphatic rings. The minimum Gasteiger partial charge on any atom is -0.398 e. The van der Waals surface area contributed by atoms with Gasteiger partial charge in [0.25, 0.3) is 5.91 Å². The van der Waals surface area contributed by atoms with Crippen LogP contribution in [-0.2, 0) is 4.79 Å². The number of halogens is 2. The Balaban J connectivity index is 1.94. The average molecular weight is 379 g/mol. The molecule has 0 aromatic heterocycles. The first-order valence-electron chi connectivity index (χ1n) is 7.29. The molecule has 0 fully saturated rings. The van der Waals surface area contributed by atoms with Gasteiger partial charge >= 0.3 is 0 Å². The van der Waals surface area contributed by atoms with Crippen LogP contribution in [0.1, 0.15) is 23.7 Å². The zero-order valence-corrected chi connectivity index (χ0v) is 14.9. The molecule has 2 aromatic rings. The van der Waals surface area contributed by atoms with E-state index in [0.29, 0.717) is 32.7 Å². The van der Waals surface area contributed by atoms with Gasteiger partial charge in [-0.1, -0.05) is 35.3 Å². The smallest absolute Gasteiger partial charge is 0.273 e. The van der Waals surface area contributed by atoms with Crippen LogP contribution in [0.3, 0.4) is 0 Å². The highest BCUT2D eigenvalue weighted by Gasteiger charge is 2.10. The van der Waals surface area contributed by atoms with E-state index in [4.69, 9.17) is 28.9 Å². The van der Waals surface area contributed by atoms with Crippen LogP contribution in [0.4, 0.5) is 11.4 Å². The first kappa shape index (κ1) is 18.8. The van der Waals surface area contributed by atoms with E-state index in [1.807, 2.05) is 0 Å². The molecule has 2 aromatic carbocycles. The Bertz CT molecular complexity index is 837. The highest BCUT2D eigenvalue weighted by molar-refractivity contribution is 6.35. The van der Waals surface area contributed by atoms with Gasteiger partial charge in [0.05, 0.1) is 22.7 Å². The Labute approximate surface area is 155 Å². The van der Waals surface area contributed by atoms with Gasteiger partial charge in [0.15, 0.2) is 0 Å². The normalized spacial score (nSPS) is 11.1. The summed E-state index contributed by atoms with van der Waals surface area (Å²) in [6, 6.07) is 11.4. The Kier molecular flexibility index (Phi) is 6.38. The van der Waals surface area contributed by atoms with E-state index in [1.54, 1.807) is 49.4 Å². The van der Waals surface area contributed by atoms with E-state index in [2.05, 4.69) is 15.8 Å². The Morgan fingerprint density at radius 1 is 1.16 bits per heavy atom. The maximum absolute atomic E-state index is 12.0. The fourth-order valence-electron chi connectivity index (χ4n) is 1.97. The van der Waals surface area contributed by atoms with Crippen molar-refractivity contribution in [2.24, 2.45) is 5.10 Å². The van der Waals surface area contributed by atoms with E-state index >= 15 is 0 Å². The predicted octanol–water partition coefficient (Wildman–Crippen LogP) is 3.71. The molecule has 6 nitrogen and oxygen atoms in total. The number of nitrogen functional groups attached to an aromatic ring is 1. The molecule has 0 unspecified atom stereocenters. The first-order valence-corrected chi connectivity index (χ1v) is 8.05. The number of hydrogen-bond donors (Lipinski definition) is 3. The number of nitrogens with one attached hydrogen (secondary N) is 2. The lowest BCUT2D eigenvalue weighted by molar-refractivity contribution is -0.115. The summed E-state index contributed by atoms with van der Waals surface area (Å²) < 4.78 is 0. The number of nitrogens with zero attached hydrogens (tertiary/aromatic N) is 1. The van der Waals surface area contributed by atoms with E-state index in [-0.39, 0.29) is 12.3 Å². The van der Waals surface area contributed by atoms with Crippen molar-refractivity contribution >= 4 is 52.1 Å². The number of hydrogen-bond acceptors (Lipinski definition) is 4. The van der Waals surface area contributed by atoms with Gasteiger partial charge in [-0.15, -0.1) is 0 Å². The van der Waals surface area contributed by atoms with Gasteiger partial charge in [-0.3, -0.25) is 9.59 Å². The van der Waals surface area contributed by atoms with Crippen LogP contribution in [-0.4, -0.2) is 17.5 Å². The van der Waals surface area contributed by atoms with Crippen LogP contribution in [0.5, 0.6) is 0 Å². The largest absolute Gasteiger partial charge is 0.398 e. The first-order chi connectivity index (χ1) is 11.9. The number of nitrogens with two attached hydrogens (primary N) is 1. The van der Waals surface area contributed by atoms with Crippen molar-refractivity contribution in [2.75, 3.05) is 11.1 Å². The lowest BCUT2D eigenvalue weighted by Gasteiger charge is -2.08. The van der Waals surface area contributed by atoms with E-state index in [0.717, 1.165) is 0 Å². The second-order valence-corrected chi connectivity index (χ2v) is 6.07. The van der Waals surface area contributed by atoms with E-state index in [9.17, 15) is 9.59 Å². The summed E-state index contributed by atoms with van der Waals surface area (Å²) in [5.74, 6) is -0.783. The number of benzene rings is 2. The summed E-state index contributed by atoms with van der Waals surface area (Å²) in [7, 11) is 0. The lowest BCUT2D eigenvalue weighted by Crippen LogP contribution is -2.22. The maximum atomic E-state index is 12.0. The molecule has 2 amide bonds. The molecule has 4 N–H and O–H groups in total. The standard InChI is InChI=1S/C17H16Cl2N4O2/c1-10(22-23-17(25)12-4-2-3-5-14(12)20)8-16(24)21-15-9-11(18)6-7-13(15)19/h2-7,9H,8,20H2,1H3,(H,21,24)(H,23,25)/b22-10-. The minimum absolute atomic E-state index is 0.0204. The highest BCUT2D eigenvalue weighted by atomic mass is 35.5. The van der Waals surface area contributed by atoms with Crippen LogP contribution in [0.2, 0.25) is 10.0 Å². The average Bonchev–Trinajstić information content (AvgIpc) is 2.56. The van der Waals surface area contributed by atoms with Crippen LogP contribution in [0.25, 0.3) is 0 Å². The zero-order chi connectivity index (χ0) is 18.4. The van der Waals surface area contributed by atoms with Crippen molar-refractivity contribution in [2.45, 2.75) is 13.3 Å². The maximum Gasteiger partial charge on any atom is 0.273 e. The van der Waals surface area contributed by atoms with Gasteiger partial charge in [-0.25, -0.2) is 5.43 Å². The zero-order valence-electron chi connectivity index (χ0n) is 13.3. The molecule has 130 valence electrons. The van der Waals surface area contributed by atoms with Crippen molar-refractivity contribution in [1.29, 1.82) is 0 Å². The summed E-state index contributed by atoms with van der Waals surface area (Å²) in [6.45, 7) is 1.62. The molecule has 0 radical (unpaired) electrons. The molecule has 0 saturated heterocycles. The molecule has 25 heavy (non-hydrogen) atoms. The van der Waals surface area contributed by atoms with Crippen molar-refractivity contribution in [3.8, 4) is 0 Å². The molecule has 0 atom stereocenters. The van der Waals surface area contributed by atoms with Crippen LogP contribution >= 0.6 is 23.2 Å². The van der Waals surface area contributed by atoms with Crippen LogP contribution in [0, 0.1) is 0 Å². The second-order valence-electron chi connectivity index (χ2n) is 5.22. The summed E-state index contributed by atoms with van der Waals surface area (Å²) in [6.07, 6.45) is -0.0204.